The molecule has 1 amide bonds. The van der Waals surface area contributed by atoms with Crippen LogP contribution in [0.5, 0.6) is 0 Å². The lowest BCUT2D eigenvalue weighted by Crippen LogP contribution is -2.49. The van der Waals surface area contributed by atoms with E-state index < -0.39 is 0 Å². The number of hydrogen-bond acceptors (Lipinski definition) is 4. The van der Waals surface area contributed by atoms with Crippen LogP contribution in [-0.4, -0.2) is 31.1 Å². The van der Waals surface area contributed by atoms with E-state index in [2.05, 4.69) is 12.2 Å². The summed E-state index contributed by atoms with van der Waals surface area (Å²) in [5.74, 6) is 0.182. The van der Waals surface area contributed by atoms with Crippen molar-refractivity contribution in [3.63, 3.8) is 0 Å². The minimum Gasteiger partial charge on any atom is -0.351 e. The van der Waals surface area contributed by atoms with Gasteiger partial charge in [0.15, 0.2) is 0 Å². The highest BCUT2D eigenvalue weighted by atomic mass is 16.1. The minimum absolute atomic E-state index is 0.171. The smallest absolute Gasteiger partial charge is 0.220 e. The second kappa shape index (κ2) is 17.7. The fraction of sp³-hybridized carbons (Fsp3) is 0.952. The van der Waals surface area contributed by atoms with Gasteiger partial charge in [-0.15, -0.1) is 0 Å². The van der Waals surface area contributed by atoms with E-state index in [1.165, 1.54) is 38.5 Å². The predicted molar refractivity (Wildman–Crippen MR) is 113 cm³/mol. The molecular formula is C21H46N4O. The van der Waals surface area contributed by atoms with Crippen molar-refractivity contribution in [1.82, 2.24) is 5.32 Å². The Morgan fingerprint density at radius 1 is 0.692 bits per heavy atom. The van der Waals surface area contributed by atoms with E-state index >= 15 is 0 Å². The molecule has 5 nitrogen and oxygen atoms in total. The number of carbonyl (C=O) groups is 1. The monoisotopic (exact) mass is 370 g/mol. The summed E-state index contributed by atoms with van der Waals surface area (Å²) in [4.78, 5) is 12.5. The second-order valence-electron chi connectivity index (χ2n) is 7.73. The van der Waals surface area contributed by atoms with Crippen molar-refractivity contribution < 1.29 is 4.79 Å². The molecule has 0 heterocycles. The fourth-order valence-electron chi connectivity index (χ4n) is 3.66. The molecule has 5 heteroatoms. The van der Waals surface area contributed by atoms with Gasteiger partial charge in [-0.1, -0.05) is 51.9 Å². The van der Waals surface area contributed by atoms with Gasteiger partial charge in [-0.3, -0.25) is 4.79 Å². The fourth-order valence-corrected chi connectivity index (χ4v) is 3.66. The van der Waals surface area contributed by atoms with Crippen LogP contribution in [0, 0.1) is 0 Å². The molecule has 0 aromatic carbocycles. The van der Waals surface area contributed by atoms with Gasteiger partial charge in [0.2, 0.25) is 5.91 Å². The molecule has 0 aromatic heterocycles. The molecule has 0 radical (unpaired) electrons. The van der Waals surface area contributed by atoms with Crippen molar-refractivity contribution in [2.45, 2.75) is 109 Å². The van der Waals surface area contributed by atoms with E-state index in [1.807, 2.05) is 0 Å². The summed E-state index contributed by atoms with van der Waals surface area (Å²) in [7, 11) is 0. The summed E-state index contributed by atoms with van der Waals surface area (Å²) < 4.78 is 0. The summed E-state index contributed by atoms with van der Waals surface area (Å²) in [6, 6.07) is 0. The molecule has 0 saturated carbocycles. The van der Waals surface area contributed by atoms with Crippen molar-refractivity contribution in [3.05, 3.63) is 0 Å². The number of rotatable bonds is 19. The predicted octanol–water partition coefficient (Wildman–Crippen LogP) is 3.59. The Kier molecular flexibility index (Phi) is 17.3. The number of nitrogens with two attached hydrogens (primary N) is 3. The number of amides is 1. The van der Waals surface area contributed by atoms with Crippen LogP contribution in [0.15, 0.2) is 0 Å². The zero-order valence-electron chi connectivity index (χ0n) is 17.4. The van der Waals surface area contributed by atoms with Crippen LogP contribution in [-0.2, 0) is 4.79 Å². The molecule has 0 rings (SSSR count). The number of unbranched alkanes of at least 4 members (excludes halogenated alkanes) is 7. The zero-order chi connectivity index (χ0) is 19.5. The molecule has 0 unspecified atom stereocenters. The average molecular weight is 371 g/mol. The van der Waals surface area contributed by atoms with Crippen LogP contribution in [0.2, 0.25) is 0 Å². The van der Waals surface area contributed by atoms with E-state index in [4.69, 9.17) is 17.2 Å². The standard InChI is InChI=1S/C21H46N4O/c1-2-3-4-5-6-7-8-9-13-20(26)25-21(14-10-17-22,15-11-18-23)16-12-19-24/h2-19,22-24H2,1H3,(H,25,26). The summed E-state index contributed by atoms with van der Waals surface area (Å²) >= 11 is 0. The molecule has 0 aliphatic heterocycles. The first-order chi connectivity index (χ1) is 12.6. The number of nitrogens with one attached hydrogen (secondary N) is 1. The van der Waals surface area contributed by atoms with Crippen molar-refractivity contribution in [2.24, 2.45) is 17.2 Å². The van der Waals surface area contributed by atoms with Gasteiger partial charge in [-0.05, 0) is 64.6 Å². The molecule has 7 N–H and O–H groups in total. The van der Waals surface area contributed by atoms with Gasteiger partial charge in [0.1, 0.15) is 0 Å². The molecule has 0 bridgehead atoms. The molecule has 0 aromatic rings. The van der Waals surface area contributed by atoms with Gasteiger partial charge >= 0.3 is 0 Å². The Bertz CT molecular complexity index is 301. The average Bonchev–Trinajstić information content (AvgIpc) is 2.65. The quantitative estimate of drug-likeness (QED) is 0.261. The molecular weight excluding hydrogens is 324 g/mol. The van der Waals surface area contributed by atoms with Gasteiger partial charge in [0.05, 0.1) is 0 Å². The molecule has 0 aliphatic rings. The summed E-state index contributed by atoms with van der Waals surface area (Å²) in [6.07, 6.45) is 16.2. The SMILES string of the molecule is CCCCCCCCCCC(=O)NC(CCCN)(CCCN)CCCN. The van der Waals surface area contributed by atoms with E-state index in [-0.39, 0.29) is 11.4 Å². The second-order valence-corrected chi connectivity index (χ2v) is 7.73. The molecule has 0 aliphatic carbocycles. The van der Waals surface area contributed by atoms with Crippen molar-refractivity contribution in [2.75, 3.05) is 19.6 Å². The third kappa shape index (κ3) is 13.5. The van der Waals surface area contributed by atoms with Crippen LogP contribution >= 0.6 is 0 Å². The largest absolute Gasteiger partial charge is 0.351 e. The zero-order valence-corrected chi connectivity index (χ0v) is 17.4. The Hall–Kier alpha value is -0.650. The van der Waals surface area contributed by atoms with E-state index in [1.54, 1.807) is 0 Å². The lowest BCUT2D eigenvalue weighted by Gasteiger charge is -2.35. The highest BCUT2D eigenvalue weighted by molar-refractivity contribution is 5.76. The van der Waals surface area contributed by atoms with Crippen LogP contribution in [0.4, 0.5) is 0 Å². The molecule has 0 spiro atoms. The normalized spacial score (nSPS) is 11.7. The lowest BCUT2D eigenvalue weighted by atomic mass is 9.83. The van der Waals surface area contributed by atoms with Crippen LogP contribution in [0.3, 0.4) is 0 Å². The van der Waals surface area contributed by atoms with E-state index in [9.17, 15) is 4.79 Å². The molecule has 26 heavy (non-hydrogen) atoms. The maximum absolute atomic E-state index is 12.5. The molecule has 0 fully saturated rings. The number of hydrogen-bond donors (Lipinski definition) is 4. The van der Waals surface area contributed by atoms with E-state index in [0.717, 1.165) is 51.4 Å². The van der Waals surface area contributed by atoms with Crippen molar-refractivity contribution in [3.8, 4) is 0 Å². The molecule has 156 valence electrons. The van der Waals surface area contributed by atoms with E-state index in [0.29, 0.717) is 26.1 Å². The molecule has 0 atom stereocenters. The van der Waals surface area contributed by atoms with Gasteiger partial charge in [0, 0.05) is 12.0 Å². The van der Waals surface area contributed by atoms with Crippen LogP contribution in [0.25, 0.3) is 0 Å². The summed E-state index contributed by atoms with van der Waals surface area (Å²) in [5, 5.41) is 3.35. The van der Waals surface area contributed by atoms with Gasteiger partial charge < -0.3 is 22.5 Å². The highest BCUT2D eigenvalue weighted by Gasteiger charge is 2.29. The maximum atomic E-state index is 12.5. The first kappa shape index (κ1) is 25.4. The van der Waals surface area contributed by atoms with Crippen molar-refractivity contribution >= 4 is 5.91 Å². The van der Waals surface area contributed by atoms with Gasteiger partial charge in [-0.2, -0.15) is 0 Å². The van der Waals surface area contributed by atoms with Gasteiger partial charge in [0.25, 0.3) is 0 Å². The van der Waals surface area contributed by atoms with Crippen LogP contribution < -0.4 is 22.5 Å². The summed E-state index contributed by atoms with van der Waals surface area (Å²) in [5.41, 5.74) is 17.0. The lowest BCUT2D eigenvalue weighted by molar-refractivity contribution is -0.123. The maximum Gasteiger partial charge on any atom is 0.220 e. The van der Waals surface area contributed by atoms with Crippen molar-refractivity contribution in [1.29, 1.82) is 0 Å². The minimum atomic E-state index is -0.171. The topological polar surface area (TPSA) is 107 Å². The third-order valence-corrected chi connectivity index (χ3v) is 5.24. The first-order valence-corrected chi connectivity index (χ1v) is 11.1. The Morgan fingerprint density at radius 3 is 1.54 bits per heavy atom. The van der Waals surface area contributed by atoms with Gasteiger partial charge in [-0.25, -0.2) is 0 Å². The summed E-state index contributed by atoms with van der Waals surface area (Å²) in [6.45, 7) is 4.20. The van der Waals surface area contributed by atoms with Crippen LogP contribution in [0.1, 0.15) is 103 Å². The Balaban J connectivity index is 4.28. The Labute approximate surface area is 162 Å². The highest BCUT2D eigenvalue weighted by Crippen LogP contribution is 2.25. The third-order valence-electron chi connectivity index (χ3n) is 5.24. The Morgan fingerprint density at radius 2 is 1.12 bits per heavy atom. The number of carbonyl (C=O) groups excluding carboxylic acids is 1. The first-order valence-electron chi connectivity index (χ1n) is 11.1. The molecule has 0 saturated heterocycles.